The quantitative estimate of drug-likeness (QED) is 0.776. The topological polar surface area (TPSA) is 42.0 Å². The molecule has 4 aliphatic carbocycles. The molecule has 1 aromatic carbocycles. The molecule has 4 fully saturated rings. The van der Waals surface area contributed by atoms with E-state index in [9.17, 15) is 4.79 Å². The summed E-state index contributed by atoms with van der Waals surface area (Å²) in [5.41, 5.74) is 2.62. The van der Waals surface area contributed by atoms with Gasteiger partial charge in [0.15, 0.2) is 0 Å². The fourth-order valence-electron chi connectivity index (χ4n) is 6.25. The summed E-state index contributed by atoms with van der Waals surface area (Å²) in [5, 5.41) is 3.64. The Bertz CT molecular complexity index is 829. The van der Waals surface area contributed by atoms with Gasteiger partial charge in [-0.15, -0.1) is 0 Å². The maximum atomic E-state index is 12.9. The number of hydrogen-bond acceptors (Lipinski definition) is 2. The number of aromatic nitrogens is 1. The molecule has 6 rings (SSSR count). The van der Waals surface area contributed by atoms with E-state index in [0.29, 0.717) is 16.0 Å². The first-order valence-electron chi connectivity index (χ1n) is 10.1. The van der Waals surface area contributed by atoms with Crippen molar-refractivity contribution in [2.45, 2.75) is 38.5 Å². The van der Waals surface area contributed by atoms with Gasteiger partial charge in [0, 0.05) is 18.3 Å². The van der Waals surface area contributed by atoms with Crippen LogP contribution >= 0.6 is 11.6 Å². The highest BCUT2D eigenvalue weighted by molar-refractivity contribution is 6.33. The van der Waals surface area contributed by atoms with Crippen LogP contribution in [0.4, 0.5) is 0 Å². The number of hydrogen-bond donors (Lipinski definition) is 1. The zero-order chi connectivity index (χ0) is 18.4. The van der Waals surface area contributed by atoms with Gasteiger partial charge in [-0.1, -0.05) is 41.9 Å². The van der Waals surface area contributed by atoms with Crippen LogP contribution in [0.2, 0.25) is 5.02 Å². The third-order valence-electron chi connectivity index (χ3n) is 6.96. The van der Waals surface area contributed by atoms with E-state index < -0.39 is 0 Å². The van der Waals surface area contributed by atoms with Crippen molar-refractivity contribution in [2.75, 3.05) is 6.54 Å². The summed E-state index contributed by atoms with van der Waals surface area (Å²) in [6, 6.07) is 11.7. The number of nitrogens with one attached hydrogen (secondary N) is 1. The number of carbonyl (C=O) groups excluding carboxylic acids is 1. The summed E-state index contributed by atoms with van der Waals surface area (Å²) in [7, 11) is 0. The molecule has 0 radical (unpaired) electrons. The normalized spacial score (nSPS) is 31.1. The first-order chi connectivity index (χ1) is 13.1. The molecule has 140 valence electrons. The van der Waals surface area contributed by atoms with Crippen LogP contribution in [0.3, 0.4) is 0 Å². The molecule has 0 saturated heterocycles. The molecule has 1 heterocycles. The first-order valence-corrected chi connectivity index (χ1v) is 10.5. The van der Waals surface area contributed by atoms with Crippen molar-refractivity contribution in [3.63, 3.8) is 0 Å². The molecule has 0 atom stereocenters. The third-order valence-corrected chi connectivity index (χ3v) is 7.26. The minimum Gasteiger partial charge on any atom is -0.351 e. The number of carbonyl (C=O) groups is 1. The lowest BCUT2D eigenvalue weighted by Gasteiger charge is -2.56. The van der Waals surface area contributed by atoms with Gasteiger partial charge in [-0.3, -0.25) is 9.78 Å². The monoisotopic (exact) mass is 380 g/mol. The van der Waals surface area contributed by atoms with E-state index in [2.05, 4.69) is 10.3 Å². The minimum atomic E-state index is -0.0738. The molecule has 1 aromatic heterocycles. The molecule has 0 unspecified atom stereocenters. The van der Waals surface area contributed by atoms with Crippen molar-refractivity contribution in [1.29, 1.82) is 0 Å². The number of benzene rings is 1. The molecule has 2 aromatic rings. The van der Waals surface area contributed by atoms with E-state index >= 15 is 0 Å². The largest absolute Gasteiger partial charge is 0.351 e. The van der Waals surface area contributed by atoms with Gasteiger partial charge in [-0.2, -0.15) is 0 Å². The zero-order valence-electron chi connectivity index (χ0n) is 15.5. The van der Waals surface area contributed by atoms with Crippen molar-refractivity contribution in [2.24, 2.45) is 23.2 Å². The molecule has 4 aliphatic rings. The minimum absolute atomic E-state index is 0.0738. The van der Waals surface area contributed by atoms with Crippen LogP contribution in [0.1, 0.15) is 48.9 Å². The third kappa shape index (κ3) is 3.27. The van der Waals surface area contributed by atoms with Crippen LogP contribution in [-0.4, -0.2) is 17.4 Å². The highest BCUT2D eigenvalue weighted by Crippen LogP contribution is 2.59. The number of pyridine rings is 1. The van der Waals surface area contributed by atoms with E-state index in [1.54, 1.807) is 6.20 Å². The fraction of sp³-hybridized carbons (Fsp3) is 0.478. The van der Waals surface area contributed by atoms with Gasteiger partial charge < -0.3 is 5.32 Å². The molecular weight excluding hydrogens is 356 g/mol. The van der Waals surface area contributed by atoms with E-state index in [0.717, 1.165) is 35.6 Å². The first kappa shape index (κ1) is 17.2. The van der Waals surface area contributed by atoms with Crippen LogP contribution < -0.4 is 5.32 Å². The average Bonchev–Trinajstić information content (AvgIpc) is 2.66. The molecule has 0 aliphatic heterocycles. The zero-order valence-corrected chi connectivity index (χ0v) is 16.2. The molecule has 4 heteroatoms. The highest BCUT2D eigenvalue weighted by Gasteiger charge is 2.50. The molecular formula is C23H25ClN2O. The second-order valence-corrected chi connectivity index (χ2v) is 9.42. The Morgan fingerprint density at radius 1 is 1.07 bits per heavy atom. The van der Waals surface area contributed by atoms with Crippen LogP contribution in [0.15, 0.2) is 42.6 Å². The second kappa shape index (κ2) is 6.63. The van der Waals surface area contributed by atoms with Gasteiger partial charge in [0.25, 0.3) is 5.91 Å². The molecule has 1 N–H and O–H groups in total. The molecule has 27 heavy (non-hydrogen) atoms. The fourth-order valence-corrected chi connectivity index (χ4v) is 6.44. The Labute approximate surface area is 165 Å². The molecule has 4 saturated carbocycles. The van der Waals surface area contributed by atoms with Crippen LogP contribution in [0.5, 0.6) is 0 Å². The maximum absolute atomic E-state index is 12.9. The smallest absolute Gasteiger partial charge is 0.252 e. The Morgan fingerprint density at radius 3 is 2.33 bits per heavy atom. The van der Waals surface area contributed by atoms with Crippen molar-refractivity contribution >= 4 is 17.5 Å². The van der Waals surface area contributed by atoms with Gasteiger partial charge >= 0.3 is 0 Å². The number of amides is 1. The predicted molar refractivity (Wildman–Crippen MR) is 108 cm³/mol. The Morgan fingerprint density at radius 2 is 1.70 bits per heavy atom. The summed E-state index contributed by atoms with van der Waals surface area (Å²) >= 11 is 6.31. The molecule has 3 nitrogen and oxygen atoms in total. The lowest BCUT2D eigenvalue weighted by Crippen LogP contribution is -2.51. The second-order valence-electron chi connectivity index (χ2n) is 9.02. The summed E-state index contributed by atoms with van der Waals surface area (Å²) in [5.74, 6) is 2.60. The molecule has 4 bridgehead atoms. The van der Waals surface area contributed by atoms with Crippen LogP contribution in [0.25, 0.3) is 11.3 Å². The average molecular weight is 381 g/mol. The highest BCUT2D eigenvalue weighted by atomic mass is 35.5. The van der Waals surface area contributed by atoms with Crippen molar-refractivity contribution in [1.82, 2.24) is 10.3 Å². The van der Waals surface area contributed by atoms with Crippen LogP contribution in [-0.2, 0) is 0 Å². The van der Waals surface area contributed by atoms with Crippen molar-refractivity contribution in [3.05, 3.63) is 53.2 Å². The summed E-state index contributed by atoms with van der Waals surface area (Å²) in [6.07, 6.45) is 9.72. The van der Waals surface area contributed by atoms with Gasteiger partial charge in [0.2, 0.25) is 0 Å². The van der Waals surface area contributed by atoms with Crippen LogP contribution in [0, 0.1) is 23.2 Å². The van der Waals surface area contributed by atoms with Crippen molar-refractivity contribution in [3.8, 4) is 11.3 Å². The lowest BCUT2D eigenvalue weighted by atomic mass is 9.49. The van der Waals surface area contributed by atoms with Crippen molar-refractivity contribution < 1.29 is 4.79 Å². The van der Waals surface area contributed by atoms with Gasteiger partial charge in [-0.05, 0) is 67.8 Å². The van der Waals surface area contributed by atoms with E-state index in [-0.39, 0.29) is 5.91 Å². The molecule has 0 spiro atoms. The number of rotatable bonds is 4. The standard InChI is InChI=1S/C23H25ClN2O/c24-20-13-25-21(18-4-2-1-3-5-18)9-19(20)22(27)26-14-23-10-15-6-16(11-23)8-17(7-15)12-23/h1-5,9,13,15-17H,6-8,10-12,14H2,(H,26,27). The Kier molecular flexibility index (Phi) is 4.23. The predicted octanol–water partition coefficient (Wildman–Crippen LogP) is 5.35. The maximum Gasteiger partial charge on any atom is 0.252 e. The summed E-state index contributed by atoms with van der Waals surface area (Å²) in [6.45, 7) is 0.786. The lowest BCUT2D eigenvalue weighted by molar-refractivity contribution is -0.0503. The number of halogens is 1. The Hall–Kier alpha value is -1.87. The van der Waals surface area contributed by atoms with Gasteiger partial charge in [0.05, 0.1) is 16.3 Å². The van der Waals surface area contributed by atoms with Gasteiger partial charge in [-0.25, -0.2) is 0 Å². The SMILES string of the molecule is O=C(NCC12CC3CC(CC(C3)C1)C2)c1cc(-c2ccccc2)ncc1Cl. The summed E-state index contributed by atoms with van der Waals surface area (Å²) in [4.78, 5) is 17.3. The van der Waals surface area contributed by atoms with Gasteiger partial charge in [0.1, 0.15) is 0 Å². The number of nitrogens with zero attached hydrogens (tertiary/aromatic N) is 1. The van der Waals surface area contributed by atoms with E-state index in [1.165, 1.54) is 38.5 Å². The van der Waals surface area contributed by atoms with E-state index in [4.69, 9.17) is 11.6 Å². The van der Waals surface area contributed by atoms with E-state index in [1.807, 2.05) is 36.4 Å². The molecule has 1 amide bonds. The Balaban J connectivity index is 1.33. The summed E-state index contributed by atoms with van der Waals surface area (Å²) < 4.78 is 0.